The fourth-order valence-corrected chi connectivity index (χ4v) is 4.38. The van der Waals surface area contributed by atoms with Gasteiger partial charge in [0.2, 0.25) is 0 Å². The van der Waals surface area contributed by atoms with Crippen LogP contribution in [0.15, 0.2) is 18.2 Å². The van der Waals surface area contributed by atoms with Gasteiger partial charge in [-0.2, -0.15) is 0 Å². The molecule has 146 valence electrons. The topological polar surface area (TPSA) is 63.2 Å². The molecule has 1 amide bonds. The Kier molecular flexibility index (Phi) is 6.60. The molecular weight excluding hydrogens is 382 g/mol. The number of methoxy groups -OCH3 is 1. The number of benzene rings is 1. The number of carbonyl (C=O) groups is 1. The number of amides is 1. The molecule has 1 aliphatic rings. The minimum atomic E-state index is -0.130. The first-order valence-electron chi connectivity index (χ1n) is 9.28. The molecule has 0 unspecified atom stereocenters. The lowest BCUT2D eigenvalue weighted by molar-refractivity contribution is 0.0922. The van der Waals surface area contributed by atoms with E-state index in [0.717, 1.165) is 43.1 Å². The van der Waals surface area contributed by atoms with Gasteiger partial charge in [-0.25, -0.2) is 4.98 Å². The lowest BCUT2D eigenvalue weighted by Crippen LogP contribution is -2.38. The molecule has 0 aliphatic heterocycles. The highest BCUT2D eigenvalue weighted by Gasteiger charge is 2.24. The Morgan fingerprint density at radius 2 is 2.04 bits per heavy atom. The van der Waals surface area contributed by atoms with Gasteiger partial charge in [0, 0.05) is 17.5 Å². The van der Waals surface area contributed by atoms with Gasteiger partial charge in [0.25, 0.3) is 5.91 Å². The van der Waals surface area contributed by atoms with Crippen molar-refractivity contribution >= 4 is 34.0 Å². The zero-order valence-corrected chi connectivity index (χ0v) is 17.5. The predicted octanol–water partition coefficient (Wildman–Crippen LogP) is 4.82. The Hall–Kier alpha value is -1.79. The van der Waals surface area contributed by atoms with E-state index in [1.54, 1.807) is 36.6 Å². The van der Waals surface area contributed by atoms with Crippen LogP contribution in [0.3, 0.4) is 0 Å². The van der Waals surface area contributed by atoms with Gasteiger partial charge in [-0.15, -0.1) is 11.3 Å². The summed E-state index contributed by atoms with van der Waals surface area (Å²) in [7, 11) is 1.58. The quantitative estimate of drug-likeness (QED) is 0.720. The number of ether oxygens (including phenoxy) is 1. The molecule has 0 bridgehead atoms. The molecule has 0 spiro atoms. The standard InChI is InChI=1S/C20H26ClN3O2S/c1-12-13(2)27-20(23-12)22-11-14-4-6-15(7-5-14)24-19(25)17-10-16(26-3)8-9-18(17)21/h8-10,14-15H,4-7,11H2,1-3H3,(H,22,23)(H,24,25)/t14-,15-. The molecule has 1 aromatic carbocycles. The van der Waals surface area contributed by atoms with Gasteiger partial charge in [0.05, 0.1) is 23.4 Å². The molecule has 1 saturated carbocycles. The minimum Gasteiger partial charge on any atom is -0.497 e. The summed E-state index contributed by atoms with van der Waals surface area (Å²) in [6.45, 7) is 5.08. The number of rotatable bonds is 6. The average Bonchev–Trinajstić information content (AvgIpc) is 2.99. The van der Waals surface area contributed by atoms with Crippen molar-refractivity contribution < 1.29 is 9.53 Å². The first-order valence-corrected chi connectivity index (χ1v) is 10.5. The highest BCUT2D eigenvalue weighted by atomic mass is 35.5. The van der Waals surface area contributed by atoms with Gasteiger partial charge >= 0.3 is 0 Å². The molecule has 1 fully saturated rings. The first-order chi connectivity index (χ1) is 13.0. The number of halogens is 1. The molecule has 0 saturated heterocycles. The maximum absolute atomic E-state index is 12.6. The molecule has 5 nitrogen and oxygen atoms in total. The summed E-state index contributed by atoms with van der Waals surface area (Å²) in [6.07, 6.45) is 4.14. The van der Waals surface area contributed by atoms with Crippen LogP contribution in [-0.2, 0) is 0 Å². The molecule has 0 atom stereocenters. The Morgan fingerprint density at radius 1 is 1.30 bits per heavy atom. The molecule has 1 aliphatic carbocycles. The van der Waals surface area contributed by atoms with E-state index in [2.05, 4.69) is 22.5 Å². The van der Waals surface area contributed by atoms with Crippen molar-refractivity contribution in [3.05, 3.63) is 39.4 Å². The number of aryl methyl sites for hydroxylation is 2. The molecule has 2 N–H and O–H groups in total. The molecular formula is C20H26ClN3O2S. The van der Waals surface area contributed by atoms with Crippen molar-refractivity contribution in [1.29, 1.82) is 0 Å². The zero-order valence-electron chi connectivity index (χ0n) is 16.0. The third-order valence-corrected chi connectivity index (χ3v) is 6.53. The van der Waals surface area contributed by atoms with Gasteiger partial charge in [0.15, 0.2) is 5.13 Å². The van der Waals surface area contributed by atoms with E-state index in [0.29, 0.717) is 22.3 Å². The second kappa shape index (κ2) is 8.93. The summed E-state index contributed by atoms with van der Waals surface area (Å²) in [5, 5.41) is 8.04. The van der Waals surface area contributed by atoms with Crippen LogP contribution in [0, 0.1) is 19.8 Å². The van der Waals surface area contributed by atoms with Gasteiger partial charge in [-0.05, 0) is 63.6 Å². The van der Waals surface area contributed by atoms with Crippen molar-refractivity contribution in [2.45, 2.75) is 45.6 Å². The third kappa shape index (κ3) is 5.14. The highest BCUT2D eigenvalue weighted by molar-refractivity contribution is 7.15. The largest absolute Gasteiger partial charge is 0.497 e. The van der Waals surface area contributed by atoms with Crippen LogP contribution in [0.5, 0.6) is 5.75 Å². The second-order valence-corrected chi connectivity index (χ2v) is 8.69. The average molecular weight is 408 g/mol. The number of nitrogens with zero attached hydrogens (tertiary/aromatic N) is 1. The molecule has 27 heavy (non-hydrogen) atoms. The molecule has 7 heteroatoms. The van der Waals surface area contributed by atoms with Crippen LogP contribution in [-0.4, -0.2) is 30.6 Å². The Balaban J connectivity index is 1.47. The van der Waals surface area contributed by atoms with Crippen molar-refractivity contribution in [2.24, 2.45) is 5.92 Å². The van der Waals surface area contributed by atoms with E-state index in [1.165, 1.54) is 4.88 Å². The third-order valence-electron chi connectivity index (χ3n) is 5.17. The first kappa shape index (κ1) is 20.0. The van der Waals surface area contributed by atoms with Crippen molar-refractivity contribution in [3.63, 3.8) is 0 Å². The van der Waals surface area contributed by atoms with E-state index in [-0.39, 0.29) is 11.9 Å². The van der Waals surface area contributed by atoms with Crippen LogP contribution in [0.1, 0.15) is 46.6 Å². The summed E-state index contributed by atoms with van der Waals surface area (Å²) < 4.78 is 5.19. The molecule has 2 aromatic rings. The number of aromatic nitrogens is 1. The number of nitrogens with one attached hydrogen (secondary N) is 2. The van der Waals surface area contributed by atoms with Crippen LogP contribution in [0.25, 0.3) is 0 Å². The Morgan fingerprint density at radius 3 is 2.67 bits per heavy atom. The monoisotopic (exact) mass is 407 g/mol. The molecule has 1 aromatic heterocycles. The molecule has 1 heterocycles. The number of carbonyl (C=O) groups excluding carboxylic acids is 1. The fraction of sp³-hybridized carbons (Fsp3) is 0.500. The smallest absolute Gasteiger partial charge is 0.253 e. The van der Waals surface area contributed by atoms with Crippen molar-refractivity contribution in [1.82, 2.24) is 10.3 Å². The molecule has 3 rings (SSSR count). The Labute approximate surface area is 169 Å². The van der Waals surface area contributed by atoms with E-state index in [4.69, 9.17) is 16.3 Å². The number of thiazole rings is 1. The lowest BCUT2D eigenvalue weighted by Gasteiger charge is -2.29. The zero-order chi connectivity index (χ0) is 19.4. The van der Waals surface area contributed by atoms with E-state index < -0.39 is 0 Å². The second-order valence-electron chi connectivity index (χ2n) is 7.08. The molecule has 0 radical (unpaired) electrons. The van der Waals surface area contributed by atoms with Gasteiger partial charge < -0.3 is 15.4 Å². The number of hydrogen-bond donors (Lipinski definition) is 2. The maximum Gasteiger partial charge on any atom is 0.253 e. The number of anilines is 1. The maximum atomic E-state index is 12.6. The predicted molar refractivity (Wildman–Crippen MR) is 111 cm³/mol. The summed E-state index contributed by atoms with van der Waals surface area (Å²) in [4.78, 5) is 18.4. The van der Waals surface area contributed by atoms with Crippen LogP contribution in [0.2, 0.25) is 5.02 Å². The van der Waals surface area contributed by atoms with Gasteiger partial charge in [0.1, 0.15) is 5.75 Å². The van der Waals surface area contributed by atoms with E-state index >= 15 is 0 Å². The normalized spacial score (nSPS) is 19.6. The summed E-state index contributed by atoms with van der Waals surface area (Å²) in [5.41, 5.74) is 1.57. The fourth-order valence-electron chi connectivity index (χ4n) is 3.36. The van der Waals surface area contributed by atoms with Crippen LogP contribution >= 0.6 is 22.9 Å². The van der Waals surface area contributed by atoms with E-state index in [1.807, 2.05) is 6.92 Å². The van der Waals surface area contributed by atoms with Crippen LogP contribution < -0.4 is 15.4 Å². The van der Waals surface area contributed by atoms with Crippen molar-refractivity contribution in [3.8, 4) is 5.75 Å². The summed E-state index contributed by atoms with van der Waals surface area (Å²) in [5.74, 6) is 1.12. The lowest BCUT2D eigenvalue weighted by atomic mass is 9.86. The number of hydrogen-bond acceptors (Lipinski definition) is 5. The summed E-state index contributed by atoms with van der Waals surface area (Å²) in [6, 6.07) is 5.33. The van der Waals surface area contributed by atoms with Crippen LogP contribution in [0.4, 0.5) is 5.13 Å². The minimum absolute atomic E-state index is 0.130. The van der Waals surface area contributed by atoms with E-state index in [9.17, 15) is 4.79 Å². The Bertz CT molecular complexity index is 781. The van der Waals surface area contributed by atoms with Crippen molar-refractivity contribution in [2.75, 3.05) is 19.0 Å². The summed E-state index contributed by atoms with van der Waals surface area (Å²) >= 11 is 7.88. The van der Waals surface area contributed by atoms with Gasteiger partial charge in [-0.1, -0.05) is 11.6 Å². The highest BCUT2D eigenvalue weighted by Crippen LogP contribution is 2.28. The SMILES string of the molecule is COc1ccc(Cl)c(C(=O)N[C@H]2CC[C@H](CNc3nc(C)c(C)s3)CC2)c1. The van der Waals surface area contributed by atoms with Gasteiger partial charge in [-0.3, -0.25) is 4.79 Å².